The standard InChI is InChI=1S/C17H26N4O2.HI/c1-3-23-11-5-9-19-17(18)20-10-8-13-12-21-14-6-4-7-15(22-2)16(13)14;/h4,6-7,12,21H,3,5,8-11H2,1-2H3,(H3,18,19,20);1H. The molecular formula is C17H27IN4O2. The monoisotopic (exact) mass is 446 g/mol. The second kappa shape index (κ2) is 11.1. The van der Waals surface area contributed by atoms with Gasteiger partial charge in [0.15, 0.2) is 5.96 Å². The van der Waals surface area contributed by atoms with Crippen LogP contribution in [0, 0.1) is 0 Å². The van der Waals surface area contributed by atoms with Crippen molar-refractivity contribution in [2.45, 2.75) is 19.8 Å². The average Bonchev–Trinajstić information content (AvgIpc) is 2.98. The number of hydrogen-bond acceptors (Lipinski definition) is 3. The summed E-state index contributed by atoms with van der Waals surface area (Å²) in [5.74, 6) is 1.37. The number of aromatic nitrogens is 1. The Bertz CT molecular complexity index is 643. The maximum atomic E-state index is 5.86. The fourth-order valence-corrected chi connectivity index (χ4v) is 2.48. The van der Waals surface area contributed by atoms with Crippen LogP contribution in [0.15, 0.2) is 29.4 Å². The Kier molecular flexibility index (Phi) is 9.55. The first kappa shape index (κ1) is 20.6. The van der Waals surface area contributed by atoms with Gasteiger partial charge in [0.2, 0.25) is 0 Å². The van der Waals surface area contributed by atoms with E-state index in [4.69, 9.17) is 15.2 Å². The summed E-state index contributed by atoms with van der Waals surface area (Å²) < 4.78 is 10.7. The molecule has 0 fully saturated rings. The van der Waals surface area contributed by atoms with Crippen LogP contribution in [-0.4, -0.2) is 44.4 Å². The van der Waals surface area contributed by atoms with Crippen molar-refractivity contribution < 1.29 is 9.47 Å². The first-order valence-electron chi connectivity index (χ1n) is 8.00. The number of nitrogens with one attached hydrogen (secondary N) is 2. The number of hydrogen-bond donors (Lipinski definition) is 3. The highest BCUT2D eigenvalue weighted by Gasteiger charge is 2.08. The summed E-state index contributed by atoms with van der Waals surface area (Å²) in [6, 6.07) is 6.00. The molecule has 6 nitrogen and oxygen atoms in total. The molecule has 0 radical (unpaired) electrons. The molecule has 2 rings (SSSR count). The molecule has 0 aliphatic heterocycles. The topological polar surface area (TPSA) is 84.7 Å². The van der Waals surface area contributed by atoms with Crippen molar-refractivity contribution in [2.24, 2.45) is 10.7 Å². The molecule has 0 amide bonds. The summed E-state index contributed by atoms with van der Waals surface area (Å²) in [6.07, 6.45) is 3.75. The number of guanidine groups is 1. The fraction of sp³-hybridized carbons (Fsp3) is 0.471. The summed E-state index contributed by atoms with van der Waals surface area (Å²) >= 11 is 0. The summed E-state index contributed by atoms with van der Waals surface area (Å²) in [5.41, 5.74) is 8.15. The number of aromatic amines is 1. The summed E-state index contributed by atoms with van der Waals surface area (Å²) in [4.78, 5) is 7.55. The average molecular weight is 446 g/mol. The second-order valence-corrected chi connectivity index (χ2v) is 5.19. The van der Waals surface area contributed by atoms with Crippen LogP contribution in [0.5, 0.6) is 5.75 Å². The van der Waals surface area contributed by atoms with Gasteiger partial charge in [-0.15, -0.1) is 24.0 Å². The van der Waals surface area contributed by atoms with Crippen molar-refractivity contribution >= 4 is 40.8 Å². The zero-order chi connectivity index (χ0) is 16.5. The Morgan fingerprint density at radius 2 is 2.21 bits per heavy atom. The third-order valence-electron chi connectivity index (χ3n) is 3.60. The number of nitrogens with two attached hydrogens (primary N) is 1. The van der Waals surface area contributed by atoms with Gasteiger partial charge in [-0.2, -0.15) is 0 Å². The van der Waals surface area contributed by atoms with Gasteiger partial charge in [-0.05, 0) is 37.5 Å². The van der Waals surface area contributed by atoms with E-state index in [1.807, 2.05) is 31.3 Å². The molecule has 0 aliphatic rings. The summed E-state index contributed by atoms with van der Waals surface area (Å²) in [7, 11) is 1.69. The molecule has 4 N–H and O–H groups in total. The van der Waals surface area contributed by atoms with Crippen molar-refractivity contribution in [3.63, 3.8) is 0 Å². The highest BCUT2D eigenvalue weighted by Crippen LogP contribution is 2.28. The van der Waals surface area contributed by atoms with Crippen molar-refractivity contribution in [3.8, 4) is 5.75 Å². The first-order valence-corrected chi connectivity index (χ1v) is 8.00. The minimum atomic E-state index is 0. The number of nitrogens with zero attached hydrogens (tertiary/aromatic N) is 1. The van der Waals surface area contributed by atoms with Gasteiger partial charge in [0.1, 0.15) is 5.75 Å². The van der Waals surface area contributed by atoms with Gasteiger partial charge in [-0.25, -0.2) is 0 Å². The number of fused-ring (bicyclic) bond motifs is 1. The van der Waals surface area contributed by atoms with E-state index in [-0.39, 0.29) is 24.0 Å². The predicted molar refractivity (Wildman–Crippen MR) is 110 cm³/mol. The van der Waals surface area contributed by atoms with Gasteiger partial charge in [-0.3, -0.25) is 4.99 Å². The van der Waals surface area contributed by atoms with Gasteiger partial charge in [-0.1, -0.05) is 6.07 Å². The highest BCUT2D eigenvalue weighted by atomic mass is 127. The van der Waals surface area contributed by atoms with Gasteiger partial charge >= 0.3 is 0 Å². The number of halogens is 1. The van der Waals surface area contributed by atoms with E-state index < -0.39 is 0 Å². The molecule has 0 aliphatic carbocycles. The minimum Gasteiger partial charge on any atom is -0.496 e. The van der Waals surface area contributed by atoms with Crippen LogP contribution >= 0.6 is 24.0 Å². The van der Waals surface area contributed by atoms with Crippen LogP contribution in [0.1, 0.15) is 18.9 Å². The molecule has 134 valence electrons. The zero-order valence-corrected chi connectivity index (χ0v) is 16.6. The SMILES string of the molecule is CCOCCCN=C(N)NCCc1c[nH]c2cccc(OC)c12.I. The molecule has 24 heavy (non-hydrogen) atoms. The molecule has 0 bridgehead atoms. The van der Waals surface area contributed by atoms with E-state index in [1.54, 1.807) is 7.11 Å². The maximum absolute atomic E-state index is 5.86. The number of ether oxygens (including phenoxy) is 2. The minimum absolute atomic E-state index is 0. The van der Waals surface area contributed by atoms with Gasteiger partial charge in [0.25, 0.3) is 0 Å². The summed E-state index contributed by atoms with van der Waals surface area (Å²) in [6.45, 7) is 4.86. The predicted octanol–water partition coefficient (Wildman–Crippen LogP) is 2.67. The van der Waals surface area contributed by atoms with Crippen molar-refractivity contribution in [2.75, 3.05) is 33.4 Å². The molecule has 0 atom stereocenters. The van der Waals surface area contributed by atoms with E-state index in [1.165, 1.54) is 5.56 Å². The Labute approximate surface area is 160 Å². The van der Waals surface area contributed by atoms with E-state index in [0.717, 1.165) is 49.3 Å². The van der Waals surface area contributed by atoms with E-state index >= 15 is 0 Å². The number of methoxy groups -OCH3 is 1. The van der Waals surface area contributed by atoms with Crippen LogP contribution in [-0.2, 0) is 11.2 Å². The van der Waals surface area contributed by atoms with Gasteiger partial charge in [0.05, 0.1) is 7.11 Å². The first-order chi connectivity index (χ1) is 11.3. The lowest BCUT2D eigenvalue weighted by Crippen LogP contribution is -2.33. The lowest BCUT2D eigenvalue weighted by Gasteiger charge is -2.07. The number of aliphatic imine (C=N–C) groups is 1. The van der Waals surface area contributed by atoms with E-state index in [9.17, 15) is 0 Å². The molecule has 0 saturated heterocycles. The number of H-pyrrole nitrogens is 1. The second-order valence-electron chi connectivity index (χ2n) is 5.19. The quantitative estimate of drug-likeness (QED) is 0.239. The van der Waals surface area contributed by atoms with Crippen molar-refractivity contribution in [1.82, 2.24) is 10.3 Å². The number of benzene rings is 1. The third kappa shape index (κ3) is 5.86. The molecule has 0 saturated carbocycles. The van der Waals surface area contributed by atoms with E-state index in [2.05, 4.69) is 15.3 Å². The largest absolute Gasteiger partial charge is 0.496 e. The van der Waals surface area contributed by atoms with Crippen LogP contribution in [0.25, 0.3) is 10.9 Å². The highest BCUT2D eigenvalue weighted by molar-refractivity contribution is 14.0. The lowest BCUT2D eigenvalue weighted by atomic mass is 10.1. The van der Waals surface area contributed by atoms with Crippen LogP contribution < -0.4 is 15.8 Å². The lowest BCUT2D eigenvalue weighted by molar-refractivity contribution is 0.146. The fourth-order valence-electron chi connectivity index (χ4n) is 2.48. The normalized spacial score (nSPS) is 11.3. The van der Waals surface area contributed by atoms with Crippen LogP contribution in [0.2, 0.25) is 0 Å². The smallest absolute Gasteiger partial charge is 0.188 e. The van der Waals surface area contributed by atoms with Gasteiger partial charge in [0, 0.05) is 43.4 Å². The zero-order valence-electron chi connectivity index (χ0n) is 14.3. The summed E-state index contributed by atoms with van der Waals surface area (Å²) in [5, 5.41) is 4.27. The molecule has 7 heteroatoms. The molecule has 1 aromatic heterocycles. The van der Waals surface area contributed by atoms with Gasteiger partial charge < -0.3 is 25.5 Å². The van der Waals surface area contributed by atoms with E-state index in [0.29, 0.717) is 12.5 Å². The molecule has 0 spiro atoms. The Morgan fingerprint density at radius 3 is 2.96 bits per heavy atom. The number of rotatable bonds is 9. The maximum Gasteiger partial charge on any atom is 0.188 e. The van der Waals surface area contributed by atoms with Crippen molar-refractivity contribution in [1.29, 1.82) is 0 Å². The molecular weight excluding hydrogens is 419 g/mol. The van der Waals surface area contributed by atoms with Crippen molar-refractivity contribution in [3.05, 3.63) is 30.0 Å². The molecule has 2 aromatic rings. The van der Waals surface area contributed by atoms with Crippen LogP contribution in [0.4, 0.5) is 0 Å². The molecule has 1 aromatic carbocycles. The Hall–Kier alpha value is -1.48. The Morgan fingerprint density at radius 1 is 1.38 bits per heavy atom. The molecule has 0 unspecified atom stereocenters. The van der Waals surface area contributed by atoms with Crippen LogP contribution in [0.3, 0.4) is 0 Å². The third-order valence-corrected chi connectivity index (χ3v) is 3.60. The Balaban J connectivity index is 0.00000288. The molecule has 1 heterocycles.